The maximum absolute atomic E-state index is 14.7. The first-order valence-electron chi connectivity index (χ1n) is 13.8. The predicted molar refractivity (Wildman–Crippen MR) is 162 cm³/mol. The zero-order valence-electron chi connectivity index (χ0n) is 24.0. The molecule has 0 spiro atoms. The molecule has 1 aliphatic rings. The number of imide groups is 1. The summed E-state index contributed by atoms with van der Waals surface area (Å²) in [6, 6.07) is 21.1. The van der Waals surface area contributed by atoms with E-state index in [9.17, 15) is 19.5 Å². The summed E-state index contributed by atoms with van der Waals surface area (Å²) in [4.78, 5) is 43.0. The third kappa shape index (κ3) is 5.96. The van der Waals surface area contributed by atoms with Crippen LogP contribution in [-0.2, 0) is 16.0 Å². The fourth-order valence-electron chi connectivity index (χ4n) is 5.36. The van der Waals surface area contributed by atoms with E-state index in [1.54, 1.807) is 51.1 Å². The molecule has 0 aromatic heterocycles. The summed E-state index contributed by atoms with van der Waals surface area (Å²) in [5.74, 6) is -1.78. The fraction of sp³-hybridized carbons (Fsp3) is 0.344. The van der Waals surface area contributed by atoms with Crippen LogP contribution in [0.4, 0.5) is 21.9 Å². The molecule has 216 valence electrons. The number of aryl methyl sites for hydroxylation is 1. The number of nitrogens with two attached hydrogens (primary N) is 2. The molecule has 0 bridgehead atoms. The summed E-state index contributed by atoms with van der Waals surface area (Å²) in [5.41, 5.74) is 14.4. The van der Waals surface area contributed by atoms with Crippen LogP contribution < -0.4 is 27.0 Å². The largest absolute Gasteiger partial charge is 0.398 e. The number of urea groups is 1. The molecule has 3 aromatic carbocycles. The van der Waals surface area contributed by atoms with Gasteiger partial charge in [0.05, 0.1) is 23.1 Å². The number of hydrogen-bond donors (Lipinski definition) is 5. The Balaban J connectivity index is 1.77. The Morgan fingerprint density at radius 3 is 2.32 bits per heavy atom. The first-order chi connectivity index (χ1) is 19.3. The van der Waals surface area contributed by atoms with E-state index >= 15 is 0 Å². The summed E-state index contributed by atoms with van der Waals surface area (Å²) in [6.07, 6.45) is 0.0869. The Morgan fingerprint density at radius 1 is 1.05 bits per heavy atom. The highest BCUT2D eigenvalue weighted by Gasteiger charge is 2.56. The number of para-hydroxylation sites is 2. The van der Waals surface area contributed by atoms with Crippen molar-refractivity contribution >= 4 is 34.9 Å². The number of rotatable bonds is 7. The highest BCUT2D eigenvalue weighted by atomic mass is 16.3. The second-order valence-corrected chi connectivity index (χ2v) is 11.5. The summed E-state index contributed by atoms with van der Waals surface area (Å²) in [7, 11) is 0. The number of nitrogens with one attached hydrogen (secondary N) is 2. The molecule has 9 heteroatoms. The van der Waals surface area contributed by atoms with Crippen molar-refractivity contribution in [2.45, 2.75) is 52.2 Å². The van der Waals surface area contributed by atoms with Gasteiger partial charge in [-0.15, -0.1) is 0 Å². The Labute approximate surface area is 240 Å². The van der Waals surface area contributed by atoms with Crippen LogP contribution in [0.2, 0.25) is 0 Å². The van der Waals surface area contributed by atoms with Crippen LogP contribution in [-0.4, -0.2) is 41.1 Å². The van der Waals surface area contributed by atoms with Crippen molar-refractivity contribution in [1.29, 1.82) is 0 Å². The van der Waals surface area contributed by atoms with Crippen LogP contribution in [0.1, 0.15) is 39.7 Å². The number of benzene rings is 3. The molecule has 0 saturated heterocycles. The molecule has 3 atom stereocenters. The standard InChI is InChI=1S/C32H39N5O4/c1-20(38)19-35-30(41)37(23-16-13-21(14-17-23)24-10-6-7-11-26(24)33)29(40)32(4,31(2,3)34)25-18-15-22-9-5-8-12-27(22)36-28(25)39/h5-14,16-17,20,25,38H,15,18-19,33-34H2,1-4H3,(H,35,41)(H,36,39)/t20-,25+,32?/m1/s1. The van der Waals surface area contributed by atoms with Gasteiger partial charge in [0.15, 0.2) is 0 Å². The van der Waals surface area contributed by atoms with E-state index in [1.807, 2.05) is 42.5 Å². The lowest BCUT2D eigenvalue weighted by Gasteiger charge is -2.46. The van der Waals surface area contributed by atoms with E-state index < -0.39 is 34.9 Å². The minimum atomic E-state index is -1.50. The van der Waals surface area contributed by atoms with Crippen molar-refractivity contribution in [1.82, 2.24) is 5.32 Å². The van der Waals surface area contributed by atoms with Gasteiger partial charge >= 0.3 is 6.03 Å². The highest BCUT2D eigenvalue weighted by molar-refractivity contribution is 6.17. The molecule has 1 heterocycles. The average Bonchev–Trinajstić information content (AvgIpc) is 3.10. The normalized spacial score (nSPS) is 17.3. The maximum atomic E-state index is 14.7. The number of hydrogen-bond acceptors (Lipinski definition) is 6. The lowest BCUT2D eigenvalue weighted by Crippen LogP contribution is -2.65. The van der Waals surface area contributed by atoms with Crippen LogP contribution in [0.25, 0.3) is 11.1 Å². The van der Waals surface area contributed by atoms with E-state index in [0.717, 1.165) is 21.6 Å². The molecule has 0 radical (unpaired) electrons. The monoisotopic (exact) mass is 557 g/mol. The zero-order valence-corrected chi connectivity index (χ0v) is 24.0. The first kappa shape index (κ1) is 29.8. The third-order valence-electron chi connectivity index (χ3n) is 8.13. The number of nitrogens with zero attached hydrogens (tertiary/aromatic N) is 1. The van der Waals surface area contributed by atoms with Gasteiger partial charge in [-0.3, -0.25) is 9.59 Å². The summed E-state index contributed by atoms with van der Waals surface area (Å²) in [5, 5.41) is 15.4. The molecule has 41 heavy (non-hydrogen) atoms. The number of aliphatic hydroxyl groups is 1. The number of aliphatic hydroxyl groups excluding tert-OH is 1. The number of anilines is 3. The van der Waals surface area contributed by atoms with Crippen molar-refractivity contribution < 1.29 is 19.5 Å². The lowest BCUT2D eigenvalue weighted by molar-refractivity contribution is -0.141. The lowest BCUT2D eigenvalue weighted by atomic mass is 9.62. The van der Waals surface area contributed by atoms with Crippen molar-refractivity contribution in [3.05, 3.63) is 78.4 Å². The van der Waals surface area contributed by atoms with Gasteiger partial charge in [0, 0.05) is 29.0 Å². The van der Waals surface area contributed by atoms with E-state index in [0.29, 0.717) is 29.9 Å². The number of carbonyl (C=O) groups excluding carboxylic acids is 3. The SMILES string of the molecule is C[C@@H](O)CNC(=O)N(C(=O)C(C)([C@H]1CCc2ccccc2NC1=O)C(C)(C)N)c1ccc(-c2ccccc2N)cc1. The quantitative estimate of drug-likeness (QED) is 0.273. The van der Waals surface area contributed by atoms with Crippen LogP contribution >= 0.6 is 0 Å². The average molecular weight is 558 g/mol. The Kier molecular flexibility index (Phi) is 8.51. The second kappa shape index (κ2) is 11.7. The zero-order chi connectivity index (χ0) is 29.9. The van der Waals surface area contributed by atoms with Gasteiger partial charge in [-0.25, -0.2) is 9.69 Å². The van der Waals surface area contributed by atoms with Gasteiger partial charge < -0.3 is 27.2 Å². The molecule has 0 aliphatic carbocycles. The molecule has 0 saturated carbocycles. The Morgan fingerprint density at radius 2 is 1.68 bits per heavy atom. The highest BCUT2D eigenvalue weighted by Crippen LogP contribution is 2.44. The van der Waals surface area contributed by atoms with E-state index in [2.05, 4.69) is 10.6 Å². The van der Waals surface area contributed by atoms with Gasteiger partial charge in [0.1, 0.15) is 0 Å². The fourth-order valence-corrected chi connectivity index (χ4v) is 5.36. The molecule has 4 rings (SSSR count). The van der Waals surface area contributed by atoms with Crippen molar-refractivity contribution in [3.63, 3.8) is 0 Å². The Hall–Kier alpha value is -4.21. The number of fused-ring (bicyclic) bond motifs is 1. The third-order valence-corrected chi connectivity index (χ3v) is 8.13. The molecule has 9 nitrogen and oxygen atoms in total. The van der Waals surface area contributed by atoms with E-state index in [4.69, 9.17) is 11.5 Å². The molecular formula is C32H39N5O4. The van der Waals surface area contributed by atoms with Crippen molar-refractivity contribution in [2.75, 3.05) is 22.5 Å². The van der Waals surface area contributed by atoms with Crippen molar-refractivity contribution in [3.8, 4) is 11.1 Å². The molecule has 3 aromatic rings. The molecule has 0 fully saturated rings. The van der Waals surface area contributed by atoms with Crippen LogP contribution in [0.3, 0.4) is 0 Å². The summed E-state index contributed by atoms with van der Waals surface area (Å²) >= 11 is 0. The van der Waals surface area contributed by atoms with Crippen LogP contribution in [0.15, 0.2) is 72.8 Å². The maximum Gasteiger partial charge on any atom is 0.328 e. The van der Waals surface area contributed by atoms with Gasteiger partial charge in [-0.2, -0.15) is 0 Å². The Bertz CT molecular complexity index is 1430. The molecular weight excluding hydrogens is 518 g/mol. The summed E-state index contributed by atoms with van der Waals surface area (Å²) < 4.78 is 0. The number of carbonyl (C=O) groups is 3. The van der Waals surface area contributed by atoms with Gasteiger partial charge in [-0.1, -0.05) is 48.5 Å². The smallest absolute Gasteiger partial charge is 0.328 e. The van der Waals surface area contributed by atoms with Crippen LogP contribution in [0.5, 0.6) is 0 Å². The number of amides is 4. The summed E-state index contributed by atoms with van der Waals surface area (Å²) in [6.45, 7) is 6.52. The predicted octanol–water partition coefficient (Wildman–Crippen LogP) is 4.30. The minimum Gasteiger partial charge on any atom is -0.398 e. The van der Waals surface area contributed by atoms with Crippen molar-refractivity contribution in [2.24, 2.45) is 17.1 Å². The van der Waals surface area contributed by atoms with E-state index in [-0.39, 0.29) is 12.5 Å². The molecule has 7 N–H and O–H groups in total. The minimum absolute atomic E-state index is 0.0663. The molecule has 4 amide bonds. The molecule has 1 unspecified atom stereocenters. The van der Waals surface area contributed by atoms with Gasteiger partial charge in [0.2, 0.25) is 11.8 Å². The number of nitrogen functional groups attached to an aromatic ring is 1. The van der Waals surface area contributed by atoms with Gasteiger partial charge in [-0.05, 0) is 75.9 Å². The van der Waals surface area contributed by atoms with E-state index in [1.165, 1.54) is 6.92 Å². The van der Waals surface area contributed by atoms with Gasteiger partial charge in [0.25, 0.3) is 0 Å². The van der Waals surface area contributed by atoms with Crippen LogP contribution in [0, 0.1) is 11.3 Å². The first-order valence-corrected chi connectivity index (χ1v) is 13.8. The molecule has 1 aliphatic heterocycles. The second-order valence-electron chi connectivity index (χ2n) is 11.5. The topological polar surface area (TPSA) is 151 Å².